The third-order valence-corrected chi connectivity index (χ3v) is 4.33. The zero-order chi connectivity index (χ0) is 14.8. The number of fused-ring (bicyclic) bond motifs is 1. The lowest BCUT2D eigenvalue weighted by atomic mass is 9.97. The van der Waals surface area contributed by atoms with Crippen molar-refractivity contribution in [2.75, 3.05) is 13.7 Å². The Labute approximate surface area is 132 Å². The Morgan fingerprint density at radius 3 is 2.76 bits per heavy atom. The number of nitrogens with one attached hydrogen (secondary N) is 1. The van der Waals surface area contributed by atoms with E-state index in [0.29, 0.717) is 0 Å². The predicted molar refractivity (Wildman–Crippen MR) is 85.2 cm³/mol. The summed E-state index contributed by atoms with van der Waals surface area (Å²) in [6.07, 6.45) is 1.77. The summed E-state index contributed by atoms with van der Waals surface area (Å²) < 4.78 is 19.9. The van der Waals surface area contributed by atoms with Crippen LogP contribution in [0.3, 0.4) is 0 Å². The van der Waals surface area contributed by atoms with Gasteiger partial charge in [0.2, 0.25) is 0 Å². The molecule has 1 unspecified atom stereocenters. The van der Waals surface area contributed by atoms with E-state index < -0.39 is 0 Å². The SMILES string of the molecule is CNC(Cc1cc(Br)cc2c1OCC2)c1ccc(F)cc1. The van der Waals surface area contributed by atoms with E-state index in [1.807, 2.05) is 19.2 Å². The molecule has 0 saturated carbocycles. The molecule has 4 heteroatoms. The number of hydrogen-bond acceptors (Lipinski definition) is 2. The first-order valence-electron chi connectivity index (χ1n) is 7.04. The van der Waals surface area contributed by atoms with E-state index in [4.69, 9.17) is 4.74 Å². The molecule has 110 valence electrons. The summed E-state index contributed by atoms with van der Waals surface area (Å²) in [5, 5.41) is 3.30. The van der Waals surface area contributed by atoms with Crippen LogP contribution in [0.15, 0.2) is 40.9 Å². The van der Waals surface area contributed by atoms with Gasteiger partial charge in [-0.1, -0.05) is 28.1 Å². The lowest BCUT2D eigenvalue weighted by Gasteiger charge is -2.18. The molecule has 1 atom stereocenters. The van der Waals surface area contributed by atoms with Gasteiger partial charge in [0.05, 0.1) is 6.61 Å². The predicted octanol–water partition coefficient (Wildman–Crippen LogP) is 4.03. The number of halogens is 2. The number of ether oxygens (including phenoxy) is 1. The van der Waals surface area contributed by atoms with Gasteiger partial charge in [0.25, 0.3) is 0 Å². The van der Waals surface area contributed by atoms with Gasteiger partial charge >= 0.3 is 0 Å². The van der Waals surface area contributed by atoms with Crippen LogP contribution in [-0.4, -0.2) is 13.7 Å². The largest absolute Gasteiger partial charge is 0.493 e. The van der Waals surface area contributed by atoms with Crippen LogP contribution in [0.4, 0.5) is 4.39 Å². The summed E-state index contributed by atoms with van der Waals surface area (Å²) in [5.41, 5.74) is 3.51. The Bertz CT molecular complexity index is 642. The first-order valence-corrected chi connectivity index (χ1v) is 7.83. The average molecular weight is 350 g/mol. The second kappa shape index (κ2) is 6.16. The number of likely N-dealkylation sites (N-methyl/N-ethyl adjacent to an activating group) is 1. The summed E-state index contributed by atoms with van der Waals surface area (Å²) >= 11 is 3.57. The second-order valence-corrected chi connectivity index (χ2v) is 6.16. The summed E-state index contributed by atoms with van der Waals surface area (Å²) in [6.45, 7) is 0.750. The molecule has 2 aromatic rings. The molecule has 2 aromatic carbocycles. The van der Waals surface area contributed by atoms with Crippen LogP contribution in [0.2, 0.25) is 0 Å². The van der Waals surface area contributed by atoms with Crippen molar-refractivity contribution in [3.05, 3.63) is 63.4 Å². The third kappa shape index (κ3) is 3.11. The van der Waals surface area contributed by atoms with Crippen molar-refractivity contribution >= 4 is 15.9 Å². The molecule has 0 spiro atoms. The molecule has 0 amide bonds. The zero-order valence-electron chi connectivity index (χ0n) is 11.8. The number of hydrogen-bond donors (Lipinski definition) is 1. The van der Waals surface area contributed by atoms with Crippen LogP contribution >= 0.6 is 15.9 Å². The molecule has 1 heterocycles. The zero-order valence-corrected chi connectivity index (χ0v) is 13.4. The van der Waals surface area contributed by atoms with Gasteiger partial charge in [-0.3, -0.25) is 0 Å². The van der Waals surface area contributed by atoms with Gasteiger partial charge < -0.3 is 10.1 Å². The Hall–Kier alpha value is -1.39. The highest BCUT2D eigenvalue weighted by atomic mass is 79.9. The highest BCUT2D eigenvalue weighted by Gasteiger charge is 2.20. The van der Waals surface area contributed by atoms with Crippen LogP contribution in [0.25, 0.3) is 0 Å². The molecule has 1 N–H and O–H groups in total. The Morgan fingerprint density at radius 1 is 1.29 bits per heavy atom. The normalized spacial score (nSPS) is 14.6. The van der Waals surface area contributed by atoms with Gasteiger partial charge in [-0.2, -0.15) is 0 Å². The minimum Gasteiger partial charge on any atom is -0.493 e. The smallest absolute Gasteiger partial charge is 0.125 e. The van der Waals surface area contributed by atoms with Gasteiger partial charge in [-0.25, -0.2) is 4.39 Å². The van der Waals surface area contributed by atoms with Crippen LogP contribution in [-0.2, 0) is 12.8 Å². The van der Waals surface area contributed by atoms with Gasteiger partial charge in [-0.05, 0) is 54.4 Å². The molecule has 1 aliphatic heterocycles. The first-order chi connectivity index (χ1) is 10.2. The maximum absolute atomic E-state index is 13.1. The van der Waals surface area contributed by atoms with E-state index in [0.717, 1.165) is 35.2 Å². The van der Waals surface area contributed by atoms with Gasteiger partial charge in [0.15, 0.2) is 0 Å². The molecular weight excluding hydrogens is 333 g/mol. The fourth-order valence-corrected chi connectivity index (χ4v) is 3.35. The number of benzene rings is 2. The molecule has 0 fully saturated rings. The highest BCUT2D eigenvalue weighted by Crippen LogP contribution is 2.35. The molecule has 3 rings (SSSR count). The fourth-order valence-electron chi connectivity index (χ4n) is 2.80. The lowest BCUT2D eigenvalue weighted by Crippen LogP contribution is -2.19. The van der Waals surface area contributed by atoms with Crippen LogP contribution in [0, 0.1) is 5.82 Å². The second-order valence-electron chi connectivity index (χ2n) is 5.25. The Morgan fingerprint density at radius 2 is 2.05 bits per heavy atom. The van der Waals surface area contributed by atoms with Crippen molar-refractivity contribution in [3.8, 4) is 5.75 Å². The summed E-state index contributed by atoms with van der Waals surface area (Å²) in [7, 11) is 1.92. The number of rotatable bonds is 4. The van der Waals surface area contributed by atoms with Crippen molar-refractivity contribution < 1.29 is 9.13 Å². The third-order valence-electron chi connectivity index (χ3n) is 3.87. The monoisotopic (exact) mass is 349 g/mol. The van der Waals surface area contributed by atoms with Gasteiger partial charge in [0.1, 0.15) is 11.6 Å². The molecule has 2 nitrogen and oxygen atoms in total. The lowest BCUT2D eigenvalue weighted by molar-refractivity contribution is 0.352. The molecule has 0 bridgehead atoms. The van der Waals surface area contributed by atoms with Crippen molar-refractivity contribution in [2.45, 2.75) is 18.9 Å². The van der Waals surface area contributed by atoms with E-state index in [9.17, 15) is 4.39 Å². The van der Waals surface area contributed by atoms with Crippen LogP contribution in [0.1, 0.15) is 22.7 Å². The minimum atomic E-state index is -0.208. The topological polar surface area (TPSA) is 21.3 Å². The summed E-state index contributed by atoms with van der Waals surface area (Å²) in [6, 6.07) is 11.0. The van der Waals surface area contributed by atoms with E-state index in [1.54, 1.807) is 0 Å². The summed E-state index contributed by atoms with van der Waals surface area (Å²) in [5.74, 6) is 0.806. The van der Waals surface area contributed by atoms with Crippen molar-refractivity contribution in [1.82, 2.24) is 5.32 Å². The molecule has 0 aliphatic carbocycles. The van der Waals surface area contributed by atoms with E-state index in [2.05, 4.69) is 33.4 Å². The minimum absolute atomic E-state index is 0.133. The van der Waals surface area contributed by atoms with Crippen molar-refractivity contribution in [3.63, 3.8) is 0 Å². The summed E-state index contributed by atoms with van der Waals surface area (Å²) in [4.78, 5) is 0. The van der Waals surface area contributed by atoms with E-state index in [-0.39, 0.29) is 11.9 Å². The highest BCUT2D eigenvalue weighted by molar-refractivity contribution is 9.10. The Kier molecular flexibility index (Phi) is 4.27. The first kappa shape index (κ1) is 14.5. The molecule has 1 aliphatic rings. The van der Waals surface area contributed by atoms with E-state index >= 15 is 0 Å². The van der Waals surface area contributed by atoms with Crippen molar-refractivity contribution in [2.24, 2.45) is 0 Å². The molecule has 21 heavy (non-hydrogen) atoms. The maximum Gasteiger partial charge on any atom is 0.125 e. The van der Waals surface area contributed by atoms with Crippen LogP contribution < -0.4 is 10.1 Å². The molecular formula is C17H17BrFNO. The Balaban J connectivity index is 1.89. The van der Waals surface area contributed by atoms with E-state index in [1.165, 1.54) is 23.3 Å². The van der Waals surface area contributed by atoms with Gasteiger partial charge in [0, 0.05) is 16.9 Å². The van der Waals surface area contributed by atoms with Crippen LogP contribution in [0.5, 0.6) is 5.75 Å². The average Bonchev–Trinajstić information content (AvgIpc) is 2.94. The maximum atomic E-state index is 13.1. The molecule has 0 radical (unpaired) electrons. The standard InChI is InChI=1S/C17H17BrFNO/c1-20-16(11-2-4-15(19)5-3-11)10-13-9-14(18)8-12-6-7-21-17(12)13/h2-5,8-9,16,20H,6-7,10H2,1H3. The molecule has 0 aromatic heterocycles. The van der Waals surface area contributed by atoms with Gasteiger partial charge in [-0.15, -0.1) is 0 Å². The quantitative estimate of drug-likeness (QED) is 0.899. The van der Waals surface area contributed by atoms with Crippen molar-refractivity contribution in [1.29, 1.82) is 0 Å². The molecule has 0 saturated heterocycles. The fraction of sp³-hybridized carbons (Fsp3) is 0.294.